The van der Waals surface area contributed by atoms with Gasteiger partial charge in [-0.05, 0) is 28.9 Å². The molecule has 24 heavy (non-hydrogen) atoms. The van der Waals surface area contributed by atoms with Crippen LogP contribution in [0, 0.1) is 5.41 Å². The predicted octanol–water partition coefficient (Wildman–Crippen LogP) is 3.56. The van der Waals surface area contributed by atoms with E-state index in [0.29, 0.717) is 40.5 Å². The molecule has 4 bridgehead atoms. The molecule has 0 aliphatic carbocycles. The van der Waals surface area contributed by atoms with E-state index in [-0.39, 0.29) is 6.10 Å². The van der Waals surface area contributed by atoms with Crippen LogP contribution in [0.5, 0.6) is 5.75 Å². The van der Waals surface area contributed by atoms with E-state index in [2.05, 4.69) is 36.2 Å². The smallest absolute Gasteiger partial charge is 0.166 e. The molecule has 0 aromatic carbocycles. The zero-order valence-corrected chi connectivity index (χ0v) is 14.6. The number of pyridine rings is 1. The number of nitrogens with zero attached hydrogens (tertiary/aromatic N) is 3. The van der Waals surface area contributed by atoms with E-state index in [4.69, 9.17) is 14.9 Å². The van der Waals surface area contributed by atoms with Gasteiger partial charge in [-0.1, -0.05) is 0 Å². The minimum atomic E-state index is -0.0131. The Labute approximate surface area is 147 Å². The molecule has 7 nitrogen and oxygen atoms in total. The van der Waals surface area contributed by atoms with E-state index in [1.54, 1.807) is 12.4 Å². The van der Waals surface area contributed by atoms with Crippen LogP contribution in [-0.2, 0) is 4.74 Å². The van der Waals surface area contributed by atoms with Gasteiger partial charge in [0.2, 0.25) is 0 Å². The van der Waals surface area contributed by atoms with Crippen LogP contribution in [0.1, 0.15) is 19.2 Å². The van der Waals surface area contributed by atoms with Gasteiger partial charge in [-0.25, -0.2) is 15.0 Å². The summed E-state index contributed by atoms with van der Waals surface area (Å²) in [6.45, 7) is 2.45. The van der Waals surface area contributed by atoms with E-state index in [0.717, 1.165) is 12.0 Å². The molecule has 0 saturated heterocycles. The average molecular weight is 390 g/mol. The number of rotatable bonds is 1. The highest BCUT2D eigenvalue weighted by atomic mass is 79.9. The highest BCUT2D eigenvalue weighted by Crippen LogP contribution is 2.26. The Morgan fingerprint density at radius 2 is 2.29 bits per heavy atom. The minimum Gasteiger partial charge on any atom is -0.500 e. The third-order valence-corrected chi connectivity index (χ3v) is 3.91. The van der Waals surface area contributed by atoms with Crippen molar-refractivity contribution in [3.05, 3.63) is 41.1 Å². The van der Waals surface area contributed by atoms with E-state index < -0.39 is 0 Å². The molecule has 1 aliphatic heterocycles. The number of anilines is 2. The van der Waals surface area contributed by atoms with Gasteiger partial charge in [-0.15, -0.1) is 0 Å². The number of nitrogens with one attached hydrogen (secondary N) is 2. The molecule has 0 unspecified atom stereocenters. The van der Waals surface area contributed by atoms with Crippen molar-refractivity contribution in [2.45, 2.75) is 19.4 Å². The number of hydrogen-bond donors (Lipinski definition) is 2. The molecule has 2 N–H and O–H groups in total. The Morgan fingerprint density at radius 3 is 3.12 bits per heavy atom. The van der Waals surface area contributed by atoms with Gasteiger partial charge in [0, 0.05) is 31.1 Å². The number of allylic oxidation sites excluding steroid dienone is 1. The summed E-state index contributed by atoms with van der Waals surface area (Å²) in [6, 6.07) is 3.62. The van der Waals surface area contributed by atoms with Crippen LogP contribution in [0.3, 0.4) is 0 Å². The fourth-order valence-corrected chi connectivity index (χ4v) is 2.38. The van der Waals surface area contributed by atoms with E-state index in [9.17, 15) is 0 Å². The molecule has 124 valence electrons. The molecule has 1 aliphatic rings. The Kier molecular flexibility index (Phi) is 5.05. The lowest BCUT2D eigenvalue weighted by molar-refractivity contribution is 0.157. The zero-order chi connectivity index (χ0) is 16.9. The van der Waals surface area contributed by atoms with Crippen LogP contribution < -0.4 is 10.1 Å². The number of hydrogen-bond acceptors (Lipinski definition) is 7. The fourth-order valence-electron chi connectivity index (χ4n) is 2.09. The normalized spacial score (nSPS) is 17.4. The summed E-state index contributed by atoms with van der Waals surface area (Å²) in [6.07, 6.45) is 6.65. The summed E-state index contributed by atoms with van der Waals surface area (Å²) in [5.74, 6) is 2.27. The standard InChI is InChI=1S/C16H16BrN5O2/c1-10-3-5-23-9-11(7-18)15-20-8-13(17)16(22-15)21-14-6-12(24-10)2-4-19-14/h2,4,6-10,18H,3,5H2,1H3,(H,19,20,21,22)/t10-/m0/s1. The Hall–Kier alpha value is -2.48. The lowest BCUT2D eigenvalue weighted by Crippen LogP contribution is -2.14. The molecule has 3 heterocycles. The van der Waals surface area contributed by atoms with Crippen molar-refractivity contribution in [3.63, 3.8) is 0 Å². The van der Waals surface area contributed by atoms with Crippen molar-refractivity contribution in [1.82, 2.24) is 15.0 Å². The van der Waals surface area contributed by atoms with Crippen molar-refractivity contribution in [3.8, 4) is 5.75 Å². The van der Waals surface area contributed by atoms with E-state index in [1.807, 2.05) is 19.1 Å². The molecule has 0 fully saturated rings. The van der Waals surface area contributed by atoms with Crippen LogP contribution >= 0.6 is 15.9 Å². The van der Waals surface area contributed by atoms with Crippen LogP contribution in [-0.4, -0.2) is 33.9 Å². The molecule has 3 rings (SSSR count). The lowest BCUT2D eigenvalue weighted by Gasteiger charge is -2.16. The molecule has 0 amide bonds. The molecule has 0 saturated carbocycles. The lowest BCUT2D eigenvalue weighted by atomic mass is 10.3. The Balaban J connectivity index is 2.03. The second kappa shape index (κ2) is 7.39. The maximum absolute atomic E-state index is 7.55. The fraction of sp³-hybridized carbons (Fsp3) is 0.250. The highest BCUT2D eigenvalue weighted by molar-refractivity contribution is 9.10. The SMILES string of the molecule is C[C@H]1CCOC=C(C=N)c2ncc(Br)c(n2)Nc2cc(ccn2)O1. The van der Waals surface area contributed by atoms with Crippen molar-refractivity contribution in [1.29, 1.82) is 5.41 Å². The third-order valence-electron chi connectivity index (χ3n) is 3.33. The van der Waals surface area contributed by atoms with Crippen molar-refractivity contribution in [2.24, 2.45) is 0 Å². The van der Waals surface area contributed by atoms with Gasteiger partial charge in [-0.3, -0.25) is 0 Å². The van der Waals surface area contributed by atoms with Gasteiger partial charge in [0.15, 0.2) is 5.82 Å². The first-order valence-corrected chi connectivity index (χ1v) is 8.20. The second-order valence-electron chi connectivity index (χ2n) is 5.20. The molecule has 0 radical (unpaired) electrons. The summed E-state index contributed by atoms with van der Waals surface area (Å²) < 4.78 is 12.1. The number of fused-ring (bicyclic) bond motifs is 4. The summed E-state index contributed by atoms with van der Waals surface area (Å²) in [5, 5.41) is 10.7. The molecule has 2 aromatic heterocycles. The van der Waals surface area contributed by atoms with Crippen LogP contribution in [0.2, 0.25) is 0 Å². The van der Waals surface area contributed by atoms with Crippen LogP contribution in [0.25, 0.3) is 5.57 Å². The quantitative estimate of drug-likeness (QED) is 0.724. The van der Waals surface area contributed by atoms with Gasteiger partial charge in [0.25, 0.3) is 0 Å². The van der Waals surface area contributed by atoms with Gasteiger partial charge in [0.1, 0.15) is 17.4 Å². The first kappa shape index (κ1) is 16.4. The maximum Gasteiger partial charge on any atom is 0.166 e. The van der Waals surface area contributed by atoms with Crippen LogP contribution in [0.4, 0.5) is 11.6 Å². The Morgan fingerprint density at radius 1 is 1.42 bits per heavy atom. The van der Waals surface area contributed by atoms with Gasteiger partial charge in [-0.2, -0.15) is 0 Å². The molecule has 1 atom stereocenters. The number of halogens is 1. The Bertz CT molecular complexity index is 781. The van der Waals surface area contributed by atoms with E-state index in [1.165, 1.54) is 6.26 Å². The number of aromatic nitrogens is 3. The minimum absolute atomic E-state index is 0.0131. The predicted molar refractivity (Wildman–Crippen MR) is 94.7 cm³/mol. The summed E-state index contributed by atoms with van der Waals surface area (Å²) in [4.78, 5) is 12.9. The topological polar surface area (TPSA) is 93.0 Å². The first-order valence-electron chi connectivity index (χ1n) is 7.40. The average Bonchev–Trinajstić information content (AvgIpc) is 2.57. The third kappa shape index (κ3) is 3.88. The molecular weight excluding hydrogens is 374 g/mol. The summed E-state index contributed by atoms with van der Waals surface area (Å²) in [7, 11) is 0. The molecule has 8 heteroatoms. The maximum atomic E-state index is 7.55. The highest BCUT2D eigenvalue weighted by Gasteiger charge is 2.12. The molecule has 0 spiro atoms. The first-order chi connectivity index (χ1) is 11.7. The van der Waals surface area contributed by atoms with Crippen molar-refractivity contribution in [2.75, 3.05) is 11.9 Å². The largest absolute Gasteiger partial charge is 0.500 e. The van der Waals surface area contributed by atoms with Gasteiger partial charge >= 0.3 is 0 Å². The van der Waals surface area contributed by atoms with Crippen LogP contribution in [0.15, 0.2) is 35.3 Å². The van der Waals surface area contributed by atoms with Crippen molar-refractivity contribution >= 4 is 39.4 Å². The summed E-state index contributed by atoms with van der Waals surface area (Å²) in [5.41, 5.74) is 0.484. The van der Waals surface area contributed by atoms with E-state index >= 15 is 0 Å². The van der Waals surface area contributed by atoms with Crippen molar-refractivity contribution < 1.29 is 9.47 Å². The second-order valence-corrected chi connectivity index (χ2v) is 6.05. The monoisotopic (exact) mass is 389 g/mol. The number of ether oxygens (including phenoxy) is 2. The summed E-state index contributed by atoms with van der Waals surface area (Å²) >= 11 is 3.41. The zero-order valence-electron chi connectivity index (χ0n) is 13.0. The van der Waals surface area contributed by atoms with Gasteiger partial charge in [0.05, 0.1) is 29.0 Å². The molecular formula is C16H16BrN5O2. The van der Waals surface area contributed by atoms with Gasteiger partial charge < -0.3 is 20.2 Å². The molecule has 2 aromatic rings.